The van der Waals surface area contributed by atoms with Gasteiger partial charge in [-0.3, -0.25) is 0 Å². The number of aliphatic hydroxyl groups excluding tert-OH is 1. The summed E-state index contributed by atoms with van der Waals surface area (Å²) in [6.45, 7) is 3.53. The minimum Gasteiger partial charge on any atom is -0.387 e. The van der Waals surface area contributed by atoms with Crippen LogP contribution in [0.3, 0.4) is 0 Å². The Hall–Kier alpha value is -0.970. The smallest absolute Gasteiger partial charge is 0.123 e. The van der Waals surface area contributed by atoms with E-state index >= 15 is 0 Å². The molecule has 0 aliphatic heterocycles. The van der Waals surface area contributed by atoms with E-state index in [0.29, 0.717) is 18.2 Å². The van der Waals surface area contributed by atoms with E-state index in [0.717, 1.165) is 13.0 Å². The maximum Gasteiger partial charge on any atom is 0.123 e. The molecule has 0 radical (unpaired) electrons. The molecule has 1 aromatic rings. The van der Waals surface area contributed by atoms with Crippen molar-refractivity contribution in [1.29, 1.82) is 0 Å². The van der Waals surface area contributed by atoms with Crippen LogP contribution in [-0.2, 0) is 0 Å². The molecule has 3 nitrogen and oxygen atoms in total. The van der Waals surface area contributed by atoms with Gasteiger partial charge in [0, 0.05) is 12.6 Å². The lowest BCUT2D eigenvalue weighted by molar-refractivity contribution is 0.168. The number of benzene rings is 1. The normalized spacial score (nSPS) is 14.8. The van der Waals surface area contributed by atoms with E-state index in [4.69, 9.17) is 0 Å². The molecule has 0 aliphatic rings. The molecule has 0 fully saturated rings. The first kappa shape index (κ1) is 15.1. The highest BCUT2D eigenvalue weighted by Gasteiger charge is 2.10. The van der Waals surface area contributed by atoms with Crippen molar-refractivity contribution >= 4 is 0 Å². The Kier molecular flexibility index (Phi) is 6.25. The second-order valence-electron chi connectivity index (χ2n) is 4.97. The molecule has 0 aliphatic carbocycles. The summed E-state index contributed by atoms with van der Waals surface area (Å²) in [5.74, 6) is -0.313. The molecule has 0 amide bonds. The molecule has 0 heterocycles. The second-order valence-corrected chi connectivity index (χ2v) is 4.97. The predicted molar refractivity (Wildman–Crippen MR) is 72.0 cm³/mol. The fourth-order valence-corrected chi connectivity index (χ4v) is 1.70. The van der Waals surface area contributed by atoms with Crippen LogP contribution in [-0.4, -0.2) is 43.2 Å². The zero-order valence-corrected chi connectivity index (χ0v) is 11.4. The number of hydrogen-bond acceptors (Lipinski definition) is 3. The Morgan fingerprint density at radius 1 is 1.39 bits per heavy atom. The molecule has 1 rings (SSSR count). The Labute approximate surface area is 109 Å². The van der Waals surface area contributed by atoms with Crippen molar-refractivity contribution in [3.05, 3.63) is 35.6 Å². The molecule has 2 N–H and O–H groups in total. The van der Waals surface area contributed by atoms with Crippen LogP contribution >= 0.6 is 0 Å². The number of rotatable bonds is 7. The Bertz CT molecular complexity index is 357. The van der Waals surface area contributed by atoms with Crippen LogP contribution < -0.4 is 5.32 Å². The van der Waals surface area contributed by atoms with Crippen LogP contribution in [0.4, 0.5) is 4.39 Å². The number of nitrogens with one attached hydrogen (secondary N) is 1. The van der Waals surface area contributed by atoms with E-state index in [1.165, 1.54) is 12.1 Å². The Morgan fingerprint density at radius 2 is 2.11 bits per heavy atom. The quantitative estimate of drug-likeness (QED) is 0.778. The van der Waals surface area contributed by atoms with E-state index in [1.807, 2.05) is 14.1 Å². The van der Waals surface area contributed by atoms with Crippen molar-refractivity contribution < 1.29 is 9.50 Å². The van der Waals surface area contributed by atoms with Gasteiger partial charge in [0.05, 0.1) is 6.10 Å². The maximum absolute atomic E-state index is 13.0. The summed E-state index contributed by atoms with van der Waals surface area (Å²) in [7, 11) is 4.07. The topological polar surface area (TPSA) is 35.5 Å². The molecule has 0 spiro atoms. The molecule has 18 heavy (non-hydrogen) atoms. The highest BCUT2D eigenvalue weighted by Crippen LogP contribution is 2.13. The van der Waals surface area contributed by atoms with Crippen LogP contribution in [0.15, 0.2) is 24.3 Å². The Morgan fingerprint density at radius 3 is 2.72 bits per heavy atom. The van der Waals surface area contributed by atoms with Crippen molar-refractivity contribution in [3.8, 4) is 0 Å². The average Bonchev–Trinajstić information content (AvgIpc) is 2.33. The standard InChI is InChI=1S/C14H23FN2O/c1-11(7-8-17(2)3)16-10-14(18)12-5-4-6-13(15)9-12/h4-6,9,11,14,16,18H,7-8,10H2,1-3H3. The summed E-state index contributed by atoms with van der Waals surface area (Å²) in [5.41, 5.74) is 0.613. The fraction of sp³-hybridized carbons (Fsp3) is 0.571. The minimum absolute atomic E-state index is 0.313. The van der Waals surface area contributed by atoms with Crippen molar-refractivity contribution in [3.63, 3.8) is 0 Å². The molecular weight excluding hydrogens is 231 g/mol. The third kappa shape index (κ3) is 5.58. The van der Waals surface area contributed by atoms with E-state index in [-0.39, 0.29) is 5.82 Å². The van der Waals surface area contributed by atoms with Gasteiger partial charge in [0.15, 0.2) is 0 Å². The van der Waals surface area contributed by atoms with Crippen molar-refractivity contribution in [2.45, 2.75) is 25.5 Å². The minimum atomic E-state index is -0.664. The third-order valence-corrected chi connectivity index (χ3v) is 2.90. The monoisotopic (exact) mass is 254 g/mol. The van der Waals surface area contributed by atoms with Crippen molar-refractivity contribution in [1.82, 2.24) is 10.2 Å². The summed E-state index contributed by atoms with van der Waals surface area (Å²) in [6.07, 6.45) is 0.352. The summed E-state index contributed by atoms with van der Waals surface area (Å²) in [5, 5.41) is 13.2. The largest absolute Gasteiger partial charge is 0.387 e. The highest BCUT2D eigenvalue weighted by molar-refractivity contribution is 5.18. The molecule has 102 valence electrons. The van der Waals surface area contributed by atoms with Crippen LogP contribution in [0, 0.1) is 5.82 Å². The molecule has 2 unspecified atom stereocenters. The van der Waals surface area contributed by atoms with Crippen LogP contribution in [0.5, 0.6) is 0 Å². The summed E-state index contributed by atoms with van der Waals surface area (Å²) in [4.78, 5) is 2.13. The average molecular weight is 254 g/mol. The van der Waals surface area contributed by atoms with Crippen LogP contribution in [0.1, 0.15) is 25.0 Å². The molecule has 0 saturated heterocycles. The van der Waals surface area contributed by atoms with Gasteiger partial charge in [-0.2, -0.15) is 0 Å². The van der Waals surface area contributed by atoms with Gasteiger partial charge in [0.2, 0.25) is 0 Å². The third-order valence-electron chi connectivity index (χ3n) is 2.90. The zero-order valence-electron chi connectivity index (χ0n) is 11.4. The number of aliphatic hydroxyl groups is 1. The van der Waals surface area contributed by atoms with Crippen LogP contribution in [0.2, 0.25) is 0 Å². The van der Waals surface area contributed by atoms with Gasteiger partial charge in [-0.05, 0) is 51.7 Å². The Balaban J connectivity index is 2.34. The lowest BCUT2D eigenvalue weighted by Gasteiger charge is -2.19. The highest BCUT2D eigenvalue weighted by atomic mass is 19.1. The second kappa shape index (κ2) is 7.46. The number of nitrogens with zero attached hydrogens (tertiary/aromatic N) is 1. The van der Waals surface area contributed by atoms with Crippen molar-refractivity contribution in [2.24, 2.45) is 0 Å². The first-order valence-corrected chi connectivity index (χ1v) is 6.30. The van der Waals surface area contributed by atoms with Crippen LogP contribution in [0.25, 0.3) is 0 Å². The number of hydrogen-bond donors (Lipinski definition) is 2. The van der Waals surface area contributed by atoms with Gasteiger partial charge in [0.25, 0.3) is 0 Å². The van der Waals surface area contributed by atoms with Gasteiger partial charge in [-0.25, -0.2) is 4.39 Å². The molecule has 0 saturated carbocycles. The van der Waals surface area contributed by atoms with E-state index in [9.17, 15) is 9.50 Å². The van der Waals surface area contributed by atoms with Gasteiger partial charge in [0.1, 0.15) is 5.82 Å². The van der Waals surface area contributed by atoms with Gasteiger partial charge in [-0.15, -0.1) is 0 Å². The molecular formula is C14H23FN2O. The number of halogens is 1. The first-order chi connectivity index (χ1) is 8.49. The zero-order chi connectivity index (χ0) is 13.5. The summed E-state index contributed by atoms with van der Waals surface area (Å²) >= 11 is 0. The summed E-state index contributed by atoms with van der Waals surface area (Å²) in [6, 6.07) is 6.43. The van der Waals surface area contributed by atoms with Crippen molar-refractivity contribution in [2.75, 3.05) is 27.2 Å². The molecule has 0 aromatic heterocycles. The molecule has 0 bridgehead atoms. The van der Waals surface area contributed by atoms with E-state index < -0.39 is 6.10 Å². The lowest BCUT2D eigenvalue weighted by Crippen LogP contribution is -2.33. The maximum atomic E-state index is 13.0. The molecule has 2 atom stereocenters. The SMILES string of the molecule is CC(CCN(C)C)NCC(O)c1cccc(F)c1. The lowest BCUT2D eigenvalue weighted by atomic mass is 10.1. The fourth-order valence-electron chi connectivity index (χ4n) is 1.70. The van der Waals surface area contributed by atoms with Gasteiger partial charge < -0.3 is 15.3 Å². The van der Waals surface area contributed by atoms with E-state index in [2.05, 4.69) is 17.1 Å². The molecule has 4 heteroatoms. The first-order valence-electron chi connectivity index (χ1n) is 6.30. The predicted octanol–water partition coefficient (Wildman–Crippen LogP) is 1.79. The summed E-state index contributed by atoms with van der Waals surface area (Å²) < 4.78 is 13.0. The van der Waals surface area contributed by atoms with Gasteiger partial charge >= 0.3 is 0 Å². The van der Waals surface area contributed by atoms with Gasteiger partial charge in [-0.1, -0.05) is 12.1 Å². The van der Waals surface area contributed by atoms with E-state index in [1.54, 1.807) is 12.1 Å². The molecule has 1 aromatic carbocycles.